The zero-order valence-electron chi connectivity index (χ0n) is 18.1. The van der Waals surface area contributed by atoms with Crippen molar-refractivity contribution in [2.75, 3.05) is 19.5 Å². The third kappa shape index (κ3) is 5.16. The van der Waals surface area contributed by atoms with Crippen LogP contribution in [0, 0.1) is 12.3 Å². The molecule has 0 aromatic heterocycles. The standard InChI is InChI=1S/C22H19ClN4O5S2/c1-13-5-3-4-6-17(13)31-9-10-32-18-8-7-14(12-16(18)23)11-15-19(24)27-21(25-20(15)28)33-22(26-27)34(2,29)30/h3-8,11-12,24H,9-10H2,1-2H3/b15-11+,24-19?. The van der Waals surface area contributed by atoms with Crippen molar-refractivity contribution in [1.82, 2.24) is 5.01 Å². The Balaban J connectivity index is 1.44. The summed E-state index contributed by atoms with van der Waals surface area (Å²) in [4.78, 5) is 16.3. The van der Waals surface area contributed by atoms with Gasteiger partial charge in [-0.2, -0.15) is 10.0 Å². The van der Waals surface area contributed by atoms with Crippen LogP contribution in [0.2, 0.25) is 5.02 Å². The van der Waals surface area contributed by atoms with Crippen molar-refractivity contribution in [2.24, 2.45) is 10.1 Å². The molecular weight excluding hydrogens is 500 g/mol. The summed E-state index contributed by atoms with van der Waals surface area (Å²) in [6, 6.07) is 12.6. The summed E-state index contributed by atoms with van der Waals surface area (Å²) in [5, 5.41) is 13.6. The molecule has 0 atom stereocenters. The van der Waals surface area contributed by atoms with Crippen LogP contribution in [0.25, 0.3) is 6.08 Å². The third-order valence-electron chi connectivity index (χ3n) is 4.71. The number of carbonyl (C=O) groups excluding carboxylic acids is 1. The highest BCUT2D eigenvalue weighted by Gasteiger charge is 2.38. The molecule has 1 N–H and O–H groups in total. The molecule has 34 heavy (non-hydrogen) atoms. The fourth-order valence-corrected chi connectivity index (χ4v) is 4.97. The van der Waals surface area contributed by atoms with Crippen molar-refractivity contribution in [3.8, 4) is 11.5 Å². The highest BCUT2D eigenvalue weighted by Crippen LogP contribution is 2.31. The van der Waals surface area contributed by atoms with Gasteiger partial charge in [-0.3, -0.25) is 10.2 Å². The maximum atomic E-state index is 12.5. The first-order valence-corrected chi connectivity index (χ1v) is 13.0. The number of fused-ring (bicyclic) bond motifs is 1. The number of benzene rings is 2. The van der Waals surface area contributed by atoms with Gasteiger partial charge >= 0.3 is 0 Å². The topological polar surface area (TPSA) is 121 Å². The minimum absolute atomic E-state index is 0.0299. The Bertz CT molecular complexity index is 1390. The van der Waals surface area contributed by atoms with Crippen molar-refractivity contribution < 1.29 is 22.7 Å². The Kier molecular flexibility index (Phi) is 6.78. The number of thioether (sulfide) groups is 1. The van der Waals surface area contributed by atoms with E-state index < -0.39 is 15.7 Å². The molecule has 0 bridgehead atoms. The predicted octanol–water partition coefficient (Wildman–Crippen LogP) is 3.73. The SMILES string of the molecule is Cc1ccccc1OCCOc1ccc(/C=C2\C(=N)N3N=C(S(C)(=O)=O)SC3=NC2=O)cc1Cl. The van der Waals surface area contributed by atoms with Crippen molar-refractivity contribution in [1.29, 1.82) is 5.41 Å². The number of amides is 1. The normalized spacial score (nSPS) is 16.9. The molecule has 2 aromatic carbocycles. The average molecular weight is 519 g/mol. The maximum absolute atomic E-state index is 12.5. The summed E-state index contributed by atoms with van der Waals surface area (Å²) >= 11 is 7.07. The van der Waals surface area contributed by atoms with Gasteiger partial charge in [0.05, 0.1) is 10.6 Å². The molecule has 2 aliphatic rings. The van der Waals surface area contributed by atoms with Gasteiger partial charge in [-0.05, 0) is 54.1 Å². The van der Waals surface area contributed by atoms with Gasteiger partial charge in [0.25, 0.3) is 5.91 Å². The van der Waals surface area contributed by atoms with E-state index in [9.17, 15) is 13.2 Å². The number of aryl methyl sites for hydroxylation is 1. The maximum Gasteiger partial charge on any atom is 0.283 e. The average Bonchev–Trinajstić information content (AvgIpc) is 3.21. The molecule has 2 aromatic rings. The molecule has 12 heteroatoms. The predicted molar refractivity (Wildman–Crippen MR) is 133 cm³/mol. The van der Waals surface area contributed by atoms with Crippen LogP contribution in [-0.2, 0) is 14.6 Å². The van der Waals surface area contributed by atoms with E-state index in [0.717, 1.165) is 34.3 Å². The molecular formula is C22H19ClN4O5S2. The van der Waals surface area contributed by atoms with Crippen LogP contribution in [-0.4, -0.2) is 54.2 Å². The number of rotatable bonds is 6. The van der Waals surface area contributed by atoms with Gasteiger partial charge in [0.2, 0.25) is 19.4 Å². The van der Waals surface area contributed by atoms with Gasteiger partial charge in [0.15, 0.2) is 5.84 Å². The van der Waals surface area contributed by atoms with E-state index in [1.54, 1.807) is 18.2 Å². The van der Waals surface area contributed by atoms with Crippen LogP contribution < -0.4 is 9.47 Å². The summed E-state index contributed by atoms with van der Waals surface area (Å²) in [6.45, 7) is 2.58. The van der Waals surface area contributed by atoms with E-state index in [4.69, 9.17) is 26.5 Å². The van der Waals surface area contributed by atoms with E-state index in [1.807, 2.05) is 31.2 Å². The lowest BCUT2D eigenvalue weighted by Crippen LogP contribution is -2.35. The van der Waals surface area contributed by atoms with Crippen molar-refractivity contribution in [3.05, 3.63) is 64.2 Å². The van der Waals surface area contributed by atoms with E-state index in [0.29, 0.717) is 22.9 Å². The number of ether oxygens (including phenoxy) is 2. The fraction of sp³-hybridized carbons (Fsp3) is 0.182. The van der Waals surface area contributed by atoms with Gasteiger partial charge in [0, 0.05) is 6.26 Å². The second kappa shape index (κ2) is 9.61. The number of nitrogens with zero attached hydrogens (tertiary/aromatic N) is 3. The molecule has 4 rings (SSSR count). The van der Waals surface area contributed by atoms with Gasteiger partial charge in [-0.1, -0.05) is 35.9 Å². The van der Waals surface area contributed by atoms with Crippen molar-refractivity contribution >= 4 is 60.6 Å². The van der Waals surface area contributed by atoms with Gasteiger partial charge in [-0.25, -0.2) is 8.42 Å². The van der Waals surface area contributed by atoms with Crippen molar-refractivity contribution in [3.63, 3.8) is 0 Å². The highest BCUT2D eigenvalue weighted by atomic mass is 35.5. The van der Waals surface area contributed by atoms with Gasteiger partial charge < -0.3 is 9.47 Å². The number of halogens is 1. The number of para-hydroxylation sites is 1. The number of amidine groups is 2. The lowest BCUT2D eigenvalue weighted by molar-refractivity contribution is -0.114. The molecule has 0 saturated heterocycles. The first-order valence-electron chi connectivity index (χ1n) is 9.94. The van der Waals surface area contributed by atoms with Crippen LogP contribution in [0.3, 0.4) is 0 Å². The minimum atomic E-state index is -3.59. The largest absolute Gasteiger partial charge is 0.490 e. The van der Waals surface area contributed by atoms with Crippen LogP contribution in [0.4, 0.5) is 0 Å². The molecule has 2 aliphatic heterocycles. The van der Waals surface area contributed by atoms with Crippen LogP contribution in [0.15, 0.2) is 58.1 Å². The smallest absolute Gasteiger partial charge is 0.283 e. The Morgan fingerprint density at radius 2 is 1.85 bits per heavy atom. The molecule has 0 spiro atoms. The Morgan fingerprint density at radius 1 is 1.15 bits per heavy atom. The number of sulfone groups is 1. The molecule has 9 nitrogen and oxygen atoms in total. The zero-order chi connectivity index (χ0) is 24.5. The first kappa shape index (κ1) is 24.0. The van der Waals surface area contributed by atoms with Crippen LogP contribution >= 0.6 is 23.4 Å². The zero-order valence-corrected chi connectivity index (χ0v) is 20.5. The summed E-state index contributed by atoms with van der Waals surface area (Å²) < 4.78 is 34.7. The van der Waals surface area contributed by atoms with Crippen LogP contribution in [0.5, 0.6) is 11.5 Å². The molecule has 0 radical (unpaired) electrons. The number of carbonyl (C=O) groups is 1. The van der Waals surface area contributed by atoms with Crippen LogP contribution in [0.1, 0.15) is 11.1 Å². The molecule has 2 heterocycles. The molecule has 1 amide bonds. The lowest BCUT2D eigenvalue weighted by Gasteiger charge is -2.20. The Labute approximate surface area is 205 Å². The summed E-state index contributed by atoms with van der Waals surface area (Å²) in [7, 11) is -3.59. The molecule has 0 fully saturated rings. The minimum Gasteiger partial charge on any atom is -0.490 e. The molecule has 0 saturated carbocycles. The van der Waals surface area contributed by atoms with E-state index >= 15 is 0 Å². The fourth-order valence-electron chi connectivity index (χ4n) is 3.04. The lowest BCUT2D eigenvalue weighted by atomic mass is 10.1. The van der Waals surface area contributed by atoms with Gasteiger partial charge in [-0.15, -0.1) is 5.10 Å². The molecule has 176 valence electrons. The first-order chi connectivity index (χ1) is 16.1. The van der Waals surface area contributed by atoms with E-state index in [2.05, 4.69) is 10.1 Å². The second-order valence-electron chi connectivity index (χ2n) is 7.31. The number of nitrogens with one attached hydrogen (secondary N) is 1. The second-order valence-corrected chi connectivity index (χ2v) is 10.9. The summed E-state index contributed by atoms with van der Waals surface area (Å²) in [6.07, 6.45) is 2.45. The van der Waals surface area contributed by atoms with E-state index in [-0.39, 0.29) is 27.6 Å². The number of hydrogen-bond acceptors (Lipinski definition) is 8. The Hall–Kier alpha value is -3.15. The molecule has 0 aliphatic carbocycles. The summed E-state index contributed by atoms with van der Waals surface area (Å²) in [5.41, 5.74) is 1.53. The van der Waals surface area contributed by atoms with E-state index in [1.165, 1.54) is 6.08 Å². The Morgan fingerprint density at radius 3 is 2.53 bits per heavy atom. The monoisotopic (exact) mass is 518 g/mol. The highest BCUT2D eigenvalue weighted by molar-refractivity contribution is 8.42. The number of hydrazone groups is 1. The number of aliphatic imine (C=N–C) groups is 1. The van der Waals surface area contributed by atoms with Gasteiger partial charge in [0.1, 0.15) is 24.7 Å². The third-order valence-corrected chi connectivity index (χ3v) is 7.58. The van der Waals surface area contributed by atoms with Crippen molar-refractivity contribution in [2.45, 2.75) is 6.92 Å². The molecule has 0 unspecified atom stereocenters. The summed E-state index contributed by atoms with van der Waals surface area (Å²) in [5.74, 6) is 0.291. The quantitative estimate of drug-likeness (QED) is 0.456. The number of hydrogen-bond donors (Lipinski definition) is 1.